The van der Waals surface area contributed by atoms with E-state index in [0.717, 1.165) is 24.8 Å². The normalized spacial score (nSPS) is 27.9. The van der Waals surface area contributed by atoms with E-state index in [1.54, 1.807) is 0 Å². The Morgan fingerprint density at radius 1 is 1.15 bits per heavy atom. The summed E-state index contributed by atoms with van der Waals surface area (Å²) in [4.78, 5) is 0. The van der Waals surface area contributed by atoms with Crippen LogP contribution in [0.5, 0.6) is 0 Å². The van der Waals surface area contributed by atoms with Gasteiger partial charge in [0.15, 0.2) is 0 Å². The van der Waals surface area contributed by atoms with Crippen LogP contribution >= 0.6 is 0 Å². The van der Waals surface area contributed by atoms with Gasteiger partial charge in [0.2, 0.25) is 0 Å². The van der Waals surface area contributed by atoms with Gasteiger partial charge in [-0.2, -0.15) is 0 Å². The number of rotatable bonds is 2. The molecule has 2 rings (SSSR count). The molecule has 1 aromatic carbocycles. The SMILES string of the molecule is CC(C)C1CCCC(O)(c2ccc(C(C)(C)C)cc2)C1. The highest BCUT2D eigenvalue weighted by Crippen LogP contribution is 2.42. The lowest BCUT2D eigenvalue weighted by molar-refractivity contribution is -0.0295. The molecule has 20 heavy (non-hydrogen) atoms. The third-order valence-corrected chi connectivity index (χ3v) is 5.00. The van der Waals surface area contributed by atoms with Crippen molar-refractivity contribution < 1.29 is 5.11 Å². The Hall–Kier alpha value is -0.820. The van der Waals surface area contributed by atoms with Gasteiger partial charge in [-0.1, -0.05) is 58.9 Å². The maximum Gasteiger partial charge on any atom is 0.0899 e. The van der Waals surface area contributed by atoms with E-state index >= 15 is 0 Å². The predicted molar refractivity (Wildman–Crippen MR) is 85.8 cm³/mol. The molecular formula is C19H30O. The van der Waals surface area contributed by atoms with E-state index in [4.69, 9.17) is 0 Å². The second kappa shape index (κ2) is 5.52. The van der Waals surface area contributed by atoms with Crippen LogP contribution in [0.1, 0.15) is 71.4 Å². The molecule has 0 amide bonds. The van der Waals surface area contributed by atoms with Gasteiger partial charge in [0.25, 0.3) is 0 Å². The molecule has 0 spiro atoms. The van der Waals surface area contributed by atoms with Gasteiger partial charge < -0.3 is 5.11 Å². The molecule has 1 aromatic rings. The van der Waals surface area contributed by atoms with E-state index in [1.165, 1.54) is 12.0 Å². The quantitative estimate of drug-likeness (QED) is 0.803. The minimum atomic E-state index is -0.608. The lowest BCUT2D eigenvalue weighted by atomic mass is 9.70. The molecule has 0 aromatic heterocycles. The molecule has 1 fully saturated rings. The van der Waals surface area contributed by atoms with Crippen LogP contribution in [0.3, 0.4) is 0 Å². The van der Waals surface area contributed by atoms with Gasteiger partial charge in [0.1, 0.15) is 0 Å². The van der Waals surface area contributed by atoms with Crippen LogP contribution in [0.15, 0.2) is 24.3 Å². The number of aliphatic hydroxyl groups is 1. The maximum atomic E-state index is 11.1. The average molecular weight is 274 g/mol. The Morgan fingerprint density at radius 2 is 1.75 bits per heavy atom. The molecule has 0 bridgehead atoms. The van der Waals surface area contributed by atoms with Crippen molar-refractivity contribution in [3.63, 3.8) is 0 Å². The number of hydrogen-bond acceptors (Lipinski definition) is 1. The molecule has 0 heterocycles. The Morgan fingerprint density at radius 3 is 2.25 bits per heavy atom. The van der Waals surface area contributed by atoms with Crippen LogP contribution in [-0.4, -0.2) is 5.11 Å². The minimum absolute atomic E-state index is 0.175. The predicted octanol–water partition coefficient (Wildman–Crippen LogP) is 5.02. The molecule has 1 saturated carbocycles. The molecule has 112 valence electrons. The van der Waals surface area contributed by atoms with Gasteiger partial charge in [-0.05, 0) is 54.1 Å². The van der Waals surface area contributed by atoms with E-state index in [1.807, 2.05) is 0 Å². The molecule has 1 N–H and O–H groups in total. The second-order valence-corrected chi connectivity index (χ2v) is 7.96. The third-order valence-electron chi connectivity index (χ3n) is 5.00. The van der Waals surface area contributed by atoms with Crippen LogP contribution in [-0.2, 0) is 11.0 Å². The summed E-state index contributed by atoms with van der Waals surface area (Å²) in [5.74, 6) is 1.31. The van der Waals surface area contributed by atoms with Crippen molar-refractivity contribution >= 4 is 0 Å². The van der Waals surface area contributed by atoms with E-state index in [2.05, 4.69) is 58.9 Å². The fourth-order valence-electron chi connectivity index (χ4n) is 3.41. The zero-order chi connectivity index (χ0) is 15.0. The van der Waals surface area contributed by atoms with Crippen molar-refractivity contribution in [3.8, 4) is 0 Å². The van der Waals surface area contributed by atoms with Crippen LogP contribution in [0.25, 0.3) is 0 Å². The van der Waals surface area contributed by atoms with Gasteiger partial charge in [0.05, 0.1) is 5.60 Å². The van der Waals surface area contributed by atoms with E-state index in [0.29, 0.717) is 11.8 Å². The first-order chi connectivity index (χ1) is 9.22. The Bertz CT molecular complexity index is 438. The van der Waals surface area contributed by atoms with E-state index in [9.17, 15) is 5.11 Å². The van der Waals surface area contributed by atoms with Crippen molar-refractivity contribution in [2.45, 2.75) is 71.3 Å². The van der Waals surface area contributed by atoms with Gasteiger partial charge in [-0.15, -0.1) is 0 Å². The Labute approximate surface area is 124 Å². The van der Waals surface area contributed by atoms with Crippen LogP contribution in [0.4, 0.5) is 0 Å². The van der Waals surface area contributed by atoms with Gasteiger partial charge in [-0.3, -0.25) is 0 Å². The van der Waals surface area contributed by atoms with Crippen molar-refractivity contribution in [1.29, 1.82) is 0 Å². The molecule has 0 radical (unpaired) electrons. The summed E-state index contributed by atoms with van der Waals surface area (Å²) < 4.78 is 0. The summed E-state index contributed by atoms with van der Waals surface area (Å²) in [6.07, 6.45) is 4.23. The zero-order valence-electron chi connectivity index (χ0n) is 13.7. The summed E-state index contributed by atoms with van der Waals surface area (Å²) >= 11 is 0. The lowest BCUT2D eigenvalue weighted by Crippen LogP contribution is -2.34. The van der Waals surface area contributed by atoms with Gasteiger partial charge in [-0.25, -0.2) is 0 Å². The second-order valence-electron chi connectivity index (χ2n) is 7.96. The molecule has 1 aliphatic carbocycles. The van der Waals surface area contributed by atoms with E-state index < -0.39 is 5.60 Å². The Balaban J connectivity index is 2.21. The summed E-state index contributed by atoms with van der Waals surface area (Å²) in [5.41, 5.74) is 2.01. The number of benzene rings is 1. The molecule has 1 nitrogen and oxygen atoms in total. The molecule has 0 aliphatic heterocycles. The first-order valence-electron chi connectivity index (χ1n) is 8.06. The summed E-state index contributed by atoms with van der Waals surface area (Å²) in [6, 6.07) is 8.66. The molecule has 1 aliphatic rings. The molecule has 0 saturated heterocycles. The Kier molecular flexibility index (Phi) is 4.30. The molecule has 2 unspecified atom stereocenters. The van der Waals surface area contributed by atoms with Crippen LogP contribution < -0.4 is 0 Å². The molecular weight excluding hydrogens is 244 g/mol. The van der Waals surface area contributed by atoms with Crippen molar-refractivity contribution in [3.05, 3.63) is 35.4 Å². The molecule has 1 heteroatoms. The maximum absolute atomic E-state index is 11.1. The van der Waals surface area contributed by atoms with Crippen molar-refractivity contribution in [2.75, 3.05) is 0 Å². The lowest BCUT2D eigenvalue weighted by Gasteiger charge is -2.39. The van der Waals surface area contributed by atoms with Crippen LogP contribution in [0, 0.1) is 11.8 Å². The monoisotopic (exact) mass is 274 g/mol. The average Bonchev–Trinajstić information content (AvgIpc) is 2.38. The summed E-state index contributed by atoms with van der Waals surface area (Å²) in [5, 5.41) is 11.1. The fraction of sp³-hybridized carbons (Fsp3) is 0.684. The highest BCUT2D eigenvalue weighted by molar-refractivity contribution is 5.31. The smallest absolute Gasteiger partial charge is 0.0899 e. The largest absolute Gasteiger partial charge is 0.385 e. The van der Waals surface area contributed by atoms with Crippen LogP contribution in [0.2, 0.25) is 0 Å². The van der Waals surface area contributed by atoms with E-state index in [-0.39, 0.29) is 5.41 Å². The van der Waals surface area contributed by atoms with Crippen molar-refractivity contribution in [1.82, 2.24) is 0 Å². The zero-order valence-corrected chi connectivity index (χ0v) is 13.7. The summed E-state index contributed by atoms with van der Waals surface area (Å²) in [7, 11) is 0. The minimum Gasteiger partial charge on any atom is -0.385 e. The number of hydrogen-bond donors (Lipinski definition) is 1. The fourth-order valence-corrected chi connectivity index (χ4v) is 3.41. The third kappa shape index (κ3) is 3.25. The topological polar surface area (TPSA) is 20.2 Å². The van der Waals surface area contributed by atoms with Gasteiger partial charge >= 0.3 is 0 Å². The highest BCUT2D eigenvalue weighted by atomic mass is 16.3. The summed E-state index contributed by atoms with van der Waals surface area (Å²) in [6.45, 7) is 11.2. The highest BCUT2D eigenvalue weighted by Gasteiger charge is 2.36. The first-order valence-corrected chi connectivity index (χ1v) is 8.06. The standard InChI is InChI=1S/C19H30O/c1-14(2)15-7-6-12-19(20,13-15)17-10-8-16(9-11-17)18(3,4)5/h8-11,14-15,20H,6-7,12-13H2,1-5H3. The first kappa shape index (κ1) is 15.6. The van der Waals surface area contributed by atoms with Crippen molar-refractivity contribution in [2.24, 2.45) is 11.8 Å². The van der Waals surface area contributed by atoms with Gasteiger partial charge in [0, 0.05) is 0 Å². The molecule has 2 atom stereocenters.